The molecule has 2 fully saturated rings. The Morgan fingerprint density at radius 1 is 1.18 bits per heavy atom. The maximum Gasteiger partial charge on any atom is 0.430 e. The lowest BCUT2D eigenvalue weighted by Crippen LogP contribution is -2.86. The Bertz CT molecular complexity index is 248. The average molecular weight is 255 g/mol. The molecular weight excluding hydrogens is 239 g/mol. The Morgan fingerprint density at radius 3 is 1.94 bits per heavy atom. The van der Waals surface area contributed by atoms with Gasteiger partial charge in [-0.25, -0.2) is 0 Å². The van der Waals surface area contributed by atoms with Gasteiger partial charge in [0.25, 0.3) is 0 Å². The molecular formula is C10H16F3NO3. The van der Waals surface area contributed by atoms with Crippen LogP contribution in [-0.2, 0) is 9.53 Å². The fourth-order valence-electron chi connectivity index (χ4n) is 1.95. The van der Waals surface area contributed by atoms with E-state index in [4.69, 9.17) is 14.6 Å². The summed E-state index contributed by atoms with van der Waals surface area (Å²) in [6, 6.07) is 0. The quantitative estimate of drug-likeness (QED) is 0.647. The zero-order valence-electron chi connectivity index (χ0n) is 9.33. The largest absolute Gasteiger partial charge is 0.542 e. The summed E-state index contributed by atoms with van der Waals surface area (Å²) >= 11 is 0. The van der Waals surface area contributed by atoms with Gasteiger partial charge in [-0.2, -0.15) is 13.2 Å². The number of hydrogen-bond acceptors (Lipinski definition) is 3. The summed E-state index contributed by atoms with van der Waals surface area (Å²) < 4.78 is 36.7. The van der Waals surface area contributed by atoms with Gasteiger partial charge in [-0.15, -0.1) is 0 Å². The number of carboxylic acid groups (broad SMARTS) is 1. The van der Waals surface area contributed by atoms with Crippen LogP contribution in [0.3, 0.4) is 0 Å². The summed E-state index contributed by atoms with van der Waals surface area (Å²) in [6.45, 7) is 4.79. The van der Waals surface area contributed by atoms with E-state index in [-0.39, 0.29) is 0 Å². The van der Waals surface area contributed by atoms with Crippen molar-refractivity contribution in [3.8, 4) is 0 Å². The number of alkyl halides is 3. The van der Waals surface area contributed by atoms with Gasteiger partial charge in [-0.1, -0.05) is 0 Å². The molecule has 2 N–H and O–H groups in total. The van der Waals surface area contributed by atoms with E-state index >= 15 is 0 Å². The summed E-state index contributed by atoms with van der Waals surface area (Å²) in [4.78, 5) is 8.78. The predicted octanol–water partition coefficient (Wildman–Crippen LogP) is -1.10. The van der Waals surface area contributed by atoms with Crippen LogP contribution in [0.2, 0.25) is 0 Å². The van der Waals surface area contributed by atoms with E-state index in [2.05, 4.69) is 5.32 Å². The van der Waals surface area contributed by atoms with Crippen molar-refractivity contribution in [2.75, 3.05) is 26.3 Å². The third-order valence-corrected chi connectivity index (χ3v) is 3.05. The van der Waals surface area contributed by atoms with E-state index in [0.29, 0.717) is 0 Å². The van der Waals surface area contributed by atoms with E-state index in [9.17, 15) is 13.2 Å². The number of rotatable bonds is 1. The Morgan fingerprint density at radius 2 is 1.65 bits per heavy atom. The smallest absolute Gasteiger partial charge is 0.430 e. The highest BCUT2D eigenvalue weighted by Gasteiger charge is 2.30. The molecule has 7 heteroatoms. The number of aliphatic carboxylic acids is 1. The first-order valence-electron chi connectivity index (χ1n) is 5.59. The number of carboxylic acids is 1. The van der Waals surface area contributed by atoms with Crippen molar-refractivity contribution in [1.29, 1.82) is 0 Å². The molecule has 0 unspecified atom stereocenters. The number of halogens is 3. The molecule has 0 saturated carbocycles. The number of piperidine rings is 1. The van der Waals surface area contributed by atoms with Gasteiger partial charge in [0.2, 0.25) is 0 Å². The van der Waals surface area contributed by atoms with Crippen molar-refractivity contribution in [2.45, 2.75) is 19.0 Å². The molecule has 2 heterocycles. The zero-order valence-corrected chi connectivity index (χ0v) is 9.33. The second kappa shape index (κ2) is 6.20. The number of carbonyl (C=O) groups excluding carboxylic acids is 1. The van der Waals surface area contributed by atoms with Crippen LogP contribution in [0.1, 0.15) is 12.8 Å². The fraction of sp³-hybridized carbons (Fsp3) is 0.900. The molecule has 2 aliphatic rings. The minimum atomic E-state index is -5.19. The summed E-state index contributed by atoms with van der Waals surface area (Å²) in [6.07, 6.45) is -2.35. The van der Waals surface area contributed by atoms with Gasteiger partial charge in [-0.05, 0) is 18.8 Å². The van der Waals surface area contributed by atoms with Gasteiger partial charge >= 0.3 is 6.18 Å². The topological polar surface area (TPSA) is 66.0 Å². The monoisotopic (exact) mass is 255 g/mol. The number of hydrogen-bond donors (Lipinski definition) is 1. The normalized spacial score (nSPS) is 22.3. The van der Waals surface area contributed by atoms with Crippen molar-refractivity contribution in [3.05, 3.63) is 0 Å². The Labute approximate surface area is 97.1 Å². The minimum absolute atomic E-state index is 0.925. The molecule has 0 aromatic carbocycles. The number of ether oxygens (including phenoxy) is 1. The van der Waals surface area contributed by atoms with Crippen LogP contribution >= 0.6 is 0 Å². The number of nitrogens with two attached hydrogens (primary N) is 1. The highest BCUT2D eigenvalue weighted by molar-refractivity contribution is 5.70. The molecule has 0 atom stereocenters. The van der Waals surface area contributed by atoms with Crippen LogP contribution in [-0.4, -0.2) is 38.4 Å². The average Bonchev–Trinajstić information content (AvgIpc) is 2.16. The second-order valence-electron chi connectivity index (χ2n) is 4.29. The maximum atomic E-state index is 10.5. The van der Waals surface area contributed by atoms with Crippen molar-refractivity contribution in [3.63, 3.8) is 0 Å². The standard InChI is InChI=1S/C8H15NO.C2HF3O2/c1-3-9-4-2-7(1)8-5-10-6-8;3-2(4,5)1(6)7/h7-9H,1-6H2;(H,6,7). The van der Waals surface area contributed by atoms with E-state index < -0.39 is 12.1 Å². The highest BCUT2D eigenvalue weighted by Crippen LogP contribution is 2.26. The molecule has 0 spiro atoms. The second-order valence-corrected chi connectivity index (χ2v) is 4.29. The molecule has 17 heavy (non-hydrogen) atoms. The molecule has 4 nitrogen and oxygen atoms in total. The lowest BCUT2D eigenvalue weighted by Gasteiger charge is -2.34. The molecule has 2 rings (SSSR count). The lowest BCUT2D eigenvalue weighted by atomic mass is 9.84. The molecule has 0 radical (unpaired) electrons. The maximum absolute atomic E-state index is 10.5. The first kappa shape index (κ1) is 14.2. The molecule has 0 amide bonds. The van der Waals surface area contributed by atoms with E-state index in [1.807, 2.05) is 0 Å². The molecule has 0 bridgehead atoms. The first-order chi connectivity index (χ1) is 7.91. The summed E-state index contributed by atoms with van der Waals surface area (Å²) in [5.41, 5.74) is 0. The van der Waals surface area contributed by atoms with Gasteiger partial charge in [0.05, 0.1) is 26.3 Å². The molecule has 0 aromatic heterocycles. The Balaban J connectivity index is 0.000000185. The van der Waals surface area contributed by atoms with E-state index in [1.54, 1.807) is 0 Å². The third-order valence-electron chi connectivity index (χ3n) is 3.05. The van der Waals surface area contributed by atoms with E-state index in [1.165, 1.54) is 25.9 Å². The van der Waals surface area contributed by atoms with Gasteiger partial charge < -0.3 is 20.0 Å². The third kappa shape index (κ3) is 4.91. The zero-order chi connectivity index (χ0) is 12.9. The van der Waals surface area contributed by atoms with Crippen LogP contribution in [0, 0.1) is 11.8 Å². The van der Waals surface area contributed by atoms with Crippen LogP contribution in [0.5, 0.6) is 0 Å². The van der Waals surface area contributed by atoms with Gasteiger partial charge in [-0.3, -0.25) is 0 Å². The van der Waals surface area contributed by atoms with Gasteiger partial charge in [0.1, 0.15) is 5.97 Å². The van der Waals surface area contributed by atoms with Crippen molar-refractivity contribution >= 4 is 5.97 Å². The van der Waals surface area contributed by atoms with Crippen LogP contribution in [0.4, 0.5) is 13.2 Å². The van der Waals surface area contributed by atoms with Crippen molar-refractivity contribution < 1.29 is 33.1 Å². The van der Waals surface area contributed by atoms with Crippen molar-refractivity contribution in [2.24, 2.45) is 11.8 Å². The van der Waals surface area contributed by atoms with Crippen LogP contribution in [0.25, 0.3) is 0 Å². The van der Waals surface area contributed by atoms with Crippen LogP contribution < -0.4 is 10.4 Å². The summed E-state index contributed by atoms with van der Waals surface area (Å²) in [7, 11) is 0. The lowest BCUT2D eigenvalue weighted by molar-refractivity contribution is -0.665. The van der Waals surface area contributed by atoms with Crippen molar-refractivity contribution in [1.82, 2.24) is 0 Å². The van der Waals surface area contributed by atoms with Crippen LogP contribution in [0.15, 0.2) is 0 Å². The first-order valence-corrected chi connectivity index (χ1v) is 5.59. The molecule has 2 aliphatic heterocycles. The Kier molecular flexibility index (Phi) is 5.20. The summed E-state index contributed by atoms with van der Waals surface area (Å²) in [5.74, 6) is -1.08. The van der Waals surface area contributed by atoms with Gasteiger partial charge in [0.15, 0.2) is 0 Å². The molecule has 0 aliphatic carbocycles. The number of carbonyl (C=O) groups is 1. The molecule has 0 aromatic rings. The minimum Gasteiger partial charge on any atom is -0.542 e. The van der Waals surface area contributed by atoms with Gasteiger partial charge in [0, 0.05) is 5.92 Å². The van der Waals surface area contributed by atoms with E-state index in [0.717, 1.165) is 25.0 Å². The molecule has 100 valence electrons. The highest BCUT2D eigenvalue weighted by atomic mass is 19.4. The fourth-order valence-corrected chi connectivity index (χ4v) is 1.95. The number of quaternary nitrogens is 1. The molecule has 2 saturated heterocycles. The predicted molar refractivity (Wildman–Crippen MR) is 49.8 cm³/mol. The SMILES string of the molecule is C1CC(C2COC2)CC[NH2+]1.O=C([O-])C(F)(F)F. The summed E-state index contributed by atoms with van der Waals surface area (Å²) in [5, 5.41) is 11.2. The Hall–Kier alpha value is -0.820.